The van der Waals surface area contributed by atoms with Gasteiger partial charge in [0.25, 0.3) is 0 Å². The van der Waals surface area contributed by atoms with Gasteiger partial charge in [-0.25, -0.2) is 0 Å². The maximum absolute atomic E-state index is 13.3. The lowest BCUT2D eigenvalue weighted by Gasteiger charge is -2.14. The normalized spacial score (nSPS) is 11.6. The fourth-order valence-corrected chi connectivity index (χ4v) is 4.13. The number of nitrogens with one attached hydrogen (secondary N) is 2. The third-order valence-corrected chi connectivity index (χ3v) is 5.91. The minimum absolute atomic E-state index is 0.175. The fourth-order valence-electron chi connectivity index (χ4n) is 3.64. The van der Waals surface area contributed by atoms with E-state index in [1.807, 2.05) is 6.20 Å². The van der Waals surface area contributed by atoms with Crippen LogP contribution in [0.4, 0.5) is 13.2 Å². The highest BCUT2D eigenvalue weighted by Crippen LogP contribution is 2.37. The molecule has 4 rings (SSSR count). The Labute approximate surface area is 192 Å². The summed E-state index contributed by atoms with van der Waals surface area (Å²) in [4.78, 5) is 3.29. The van der Waals surface area contributed by atoms with Gasteiger partial charge in [0.1, 0.15) is 0 Å². The van der Waals surface area contributed by atoms with Crippen LogP contribution < -0.4 is 5.32 Å². The number of H-pyrrole nitrogens is 1. The Kier molecular flexibility index (Phi) is 6.09. The van der Waals surface area contributed by atoms with Gasteiger partial charge in [-0.3, -0.25) is 0 Å². The molecule has 1 heterocycles. The molecule has 2 nitrogen and oxygen atoms in total. The smallest absolute Gasteiger partial charge is 0.385 e. The number of halogens is 4. The van der Waals surface area contributed by atoms with Crippen LogP contribution in [0.5, 0.6) is 0 Å². The molecule has 31 heavy (non-hydrogen) atoms. The second-order valence-corrected chi connectivity index (χ2v) is 8.53. The third kappa shape index (κ3) is 4.79. The zero-order valence-corrected chi connectivity index (χ0v) is 18.7. The highest BCUT2D eigenvalue weighted by Gasteiger charge is 2.33. The van der Waals surface area contributed by atoms with Crippen molar-refractivity contribution in [1.29, 1.82) is 0 Å². The lowest BCUT2D eigenvalue weighted by molar-refractivity contribution is -0.137. The molecule has 0 saturated carbocycles. The van der Waals surface area contributed by atoms with E-state index in [9.17, 15) is 13.2 Å². The molecule has 0 bridgehead atoms. The van der Waals surface area contributed by atoms with E-state index in [0.29, 0.717) is 12.1 Å². The van der Waals surface area contributed by atoms with E-state index in [0.717, 1.165) is 29.3 Å². The number of hydrogen-bond donors (Lipinski definition) is 2. The first-order valence-corrected chi connectivity index (χ1v) is 10.9. The number of aromatic nitrogens is 1. The molecule has 6 heteroatoms. The van der Waals surface area contributed by atoms with Gasteiger partial charge in [-0.05, 0) is 75.5 Å². The maximum atomic E-state index is 13.3. The molecule has 0 aliphatic carbocycles. The minimum Gasteiger partial charge on any atom is -0.385 e. The average molecular weight is 532 g/mol. The molecule has 2 N–H and O–H groups in total. The van der Waals surface area contributed by atoms with E-state index in [1.54, 1.807) is 30.3 Å². The van der Waals surface area contributed by atoms with Gasteiger partial charge < -0.3 is 10.3 Å². The first kappa shape index (κ1) is 21.5. The van der Waals surface area contributed by atoms with Crippen molar-refractivity contribution in [3.8, 4) is 11.1 Å². The Morgan fingerprint density at radius 3 is 2.48 bits per heavy atom. The van der Waals surface area contributed by atoms with Crippen LogP contribution in [0.3, 0.4) is 0 Å². The summed E-state index contributed by atoms with van der Waals surface area (Å²) >= 11 is 2.31. The lowest BCUT2D eigenvalue weighted by Crippen LogP contribution is -2.15. The van der Waals surface area contributed by atoms with Crippen molar-refractivity contribution in [2.45, 2.75) is 12.6 Å². The highest BCUT2D eigenvalue weighted by atomic mass is 127. The van der Waals surface area contributed by atoms with E-state index in [-0.39, 0.29) is 5.56 Å². The summed E-state index contributed by atoms with van der Waals surface area (Å²) in [6.07, 6.45) is -1.53. The first-order chi connectivity index (χ1) is 14.8. The van der Waals surface area contributed by atoms with Crippen LogP contribution in [-0.4, -0.2) is 11.5 Å². The van der Waals surface area contributed by atoms with Gasteiger partial charge in [0.05, 0.1) is 5.56 Å². The van der Waals surface area contributed by atoms with E-state index < -0.39 is 11.7 Å². The Morgan fingerprint density at radius 1 is 1.00 bits per heavy atom. The summed E-state index contributed by atoms with van der Waals surface area (Å²) in [5.74, 6) is 0. The summed E-state index contributed by atoms with van der Waals surface area (Å²) in [6.45, 7) is 4.78. The van der Waals surface area contributed by atoms with Gasteiger partial charge in [-0.15, -0.1) is 0 Å². The van der Waals surface area contributed by atoms with Crippen LogP contribution in [0.25, 0.3) is 27.7 Å². The van der Waals surface area contributed by atoms with Crippen molar-refractivity contribution in [3.63, 3.8) is 0 Å². The van der Waals surface area contributed by atoms with Crippen LogP contribution >= 0.6 is 22.6 Å². The summed E-state index contributed by atoms with van der Waals surface area (Å²) in [5.41, 5.74) is 4.00. The number of rotatable bonds is 6. The molecule has 1 aromatic heterocycles. The van der Waals surface area contributed by atoms with E-state index >= 15 is 0 Å². The Hall–Kier alpha value is -2.74. The maximum Gasteiger partial charge on any atom is 0.417 e. The zero-order chi connectivity index (χ0) is 22.0. The zero-order valence-electron chi connectivity index (χ0n) is 16.6. The summed E-state index contributed by atoms with van der Waals surface area (Å²) < 4.78 is 41.1. The highest BCUT2D eigenvalue weighted by molar-refractivity contribution is 14.1. The molecule has 0 aliphatic heterocycles. The van der Waals surface area contributed by atoms with Crippen molar-refractivity contribution in [3.05, 3.63) is 99.8 Å². The summed E-state index contributed by atoms with van der Waals surface area (Å²) in [7, 11) is 0. The van der Waals surface area contributed by atoms with E-state index in [2.05, 4.69) is 57.7 Å². The van der Waals surface area contributed by atoms with Gasteiger partial charge in [-0.2, -0.15) is 13.2 Å². The van der Waals surface area contributed by atoms with Gasteiger partial charge in [-0.1, -0.05) is 49.0 Å². The van der Waals surface area contributed by atoms with Crippen LogP contribution in [0, 0.1) is 3.57 Å². The predicted octanol–water partition coefficient (Wildman–Crippen LogP) is 7.26. The number of fused-ring (bicyclic) bond motifs is 1. The standard InChI is InChI=1S/C25H20F3IN2/c1-16(30-13-12-19-15-31-24-11-10-20(29)14-22(19)24)17-6-8-18(9-7-17)21-4-2-3-5-23(21)25(26,27)28/h2-11,14-15,30-31H,1,12-13H2. The molecule has 158 valence electrons. The van der Waals surface area contributed by atoms with Gasteiger partial charge >= 0.3 is 6.18 Å². The molecule has 0 spiro atoms. The monoisotopic (exact) mass is 532 g/mol. The molecule has 0 fully saturated rings. The van der Waals surface area contributed by atoms with E-state index in [1.165, 1.54) is 26.7 Å². The van der Waals surface area contributed by atoms with Crippen LogP contribution in [0.1, 0.15) is 16.7 Å². The van der Waals surface area contributed by atoms with Crippen LogP contribution in [-0.2, 0) is 12.6 Å². The van der Waals surface area contributed by atoms with Gasteiger partial charge in [0.2, 0.25) is 0 Å². The quantitative estimate of drug-likeness (QED) is 0.252. The molecule has 0 radical (unpaired) electrons. The molecule has 4 aromatic rings. The molecular formula is C25H20F3IN2. The summed E-state index contributed by atoms with van der Waals surface area (Å²) in [5, 5.41) is 4.54. The van der Waals surface area contributed by atoms with Gasteiger partial charge in [0, 0.05) is 32.9 Å². The van der Waals surface area contributed by atoms with Crippen molar-refractivity contribution in [1.82, 2.24) is 10.3 Å². The van der Waals surface area contributed by atoms with Crippen LogP contribution in [0.15, 0.2) is 79.5 Å². The fraction of sp³-hybridized carbons (Fsp3) is 0.120. The molecule has 3 aromatic carbocycles. The first-order valence-electron chi connectivity index (χ1n) is 9.78. The van der Waals surface area contributed by atoms with Crippen molar-refractivity contribution in [2.24, 2.45) is 0 Å². The molecule has 0 saturated heterocycles. The average Bonchev–Trinajstić information content (AvgIpc) is 3.15. The molecular weight excluding hydrogens is 512 g/mol. The SMILES string of the molecule is C=C(NCCc1c[nH]c2ccc(I)cc12)c1ccc(-c2ccccc2C(F)(F)F)cc1. The Bertz CT molecular complexity index is 1220. The Morgan fingerprint density at radius 2 is 1.74 bits per heavy atom. The third-order valence-electron chi connectivity index (χ3n) is 5.24. The number of benzene rings is 3. The molecule has 0 amide bonds. The van der Waals surface area contributed by atoms with Crippen molar-refractivity contribution in [2.75, 3.05) is 6.54 Å². The number of aromatic amines is 1. The molecule has 0 unspecified atom stereocenters. The predicted molar refractivity (Wildman–Crippen MR) is 129 cm³/mol. The molecule has 0 aliphatic rings. The van der Waals surface area contributed by atoms with Crippen LogP contribution in [0.2, 0.25) is 0 Å². The van der Waals surface area contributed by atoms with Crippen molar-refractivity contribution < 1.29 is 13.2 Å². The van der Waals surface area contributed by atoms with E-state index in [4.69, 9.17) is 0 Å². The largest absolute Gasteiger partial charge is 0.417 e. The van der Waals surface area contributed by atoms with Crippen molar-refractivity contribution >= 4 is 39.2 Å². The topological polar surface area (TPSA) is 27.8 Å². The Balaban J connectivity index is 1.43. The summed E-state index contributed by atoms with van der Waals surface area (Å²) in [6, 6.07) is 18.9. The minimum atomic E-state index is -4.39. The second-order valence-electron chi connectivity index (χ2n) is 7.28. The lowest BCUT2D eigenvalue weighted by atomic mass is 9.98. The molecule has 0 atom stereocenters. The van der Waals surface area contributed by atoms with Gasteiger partial charge in [0.15, 0.2) is 0 Å². The second kappa shape index (κ2) is 8.78. The number of hydrogen-bond acceptors (Lipinski definition) is 1. The number of alkyl halides is 3.